The Labute approximate surface area is 121 Å². The van der Waals surface area contributed by atoms with Crippen molar-refractivity contribution in [3.05, 3.63) is 40.8 Å². The minimum atomic E-state index is 0.639. The Morgan fingerprint density at radius 1 is 1.21 bits per heavy atom. The van der Waals surface area contributed by atoms with Crippen molar-refractivity contribution >= 4 is 21.7 Å². The first-order valence-corrected chi connectivity index (χ1v) is 7.37. The molecule has 0 saturated carbocycles. The summed E-state index contributed by atoms with van der Waals surface area (Å²) in [5, 5.41) is 4.26. The van der Waals surface area contributed by atoms with Crippen LogP contribution >= 0.6 is 15.9 Å². The molecule has 1 aliphatic rings. The molecule has 0 N–H and O–H groups in total. The number of anilines is 1. The van der Waals surface area contributed by atoms with Gasteiger partial charge in [0.25, 0.3) is 0 Å². The molecule has 5 heteroatoms. The molecule has 1 saturated heterocycles. The van der Waals surface area contributed by atoms with Gasteiger partial charge in [0, 0.05) is 37.0 Å². The van der Waals surface area contributed by atoms with Gasteiger partial charge in [0.15, 0.2) is 0 Å². The van der Waals surface area contributed by atoms with Crippen LogP contribution in [0.4, 0.5) is 5.82 Å². The largest absolute Gasteiger partial charge is 0.357 e. The fourth-order valence-electron chi connectivity index (χ4n) is 2.65. The lowest BCUT2D eigenvalue weighted by Crippen LogP contribution is -2.33. The molecule has 19 heavy (non-hydrogen) atoms. The first-order valence-electron chi connectivity index (χ1n) is 6.57. The number of aryl methyl sites for hydroxylation is 1. The summed E-state index contributed by atoms with van der Waals surface area (Å²) in [5.74, 6) is 1.72. The lowest BCUT2D eigenvalue weighted by molar-refractivity contribution is 0.502. The summed E-state index contributed by atoms with van der Waals surface area (Å²) in [7, 11) is 1.98. The predicted molar refractivity (Wildman–Crippen MR) is 79.3 cm³/mol. The number of hydrogen-bond acceptors (Lipinski definition) is 3. The van der Waals surface area contributed by atoms with Crippen LogP contribution in [-0.4, -0.2) is 27.9 Å². The number of hydrogen-bond donors (Lipinski definition) is 0. The van der Waals surface area contributed by atoms with Crippen LogP contribution in [0.5, 0.6) is 0 Å². The minimum Gasteiger partial charge on any atom is -0.357 e. The highest BCUT2D eigenvalue weighted by molar-refractivity contribution is 9.10. The average molecular weight is 321 g/mol. The molecule has 0 atom stereocenters. The van der Waals surface area contributed by atoms with Crippen molar-refractivity contribution in [1.29, 1.82) is 0 Å². The average Bonchev–Trinajstić information content (AvgIpc) is 2.87. The minimum absolute atomic E-state index is 0.639. The molecule has 2 aromatic rings. The highest BCUT2D eigenvalue weighted by Crippen LogP contribution is 2.29. The van der Waals surface area contributed by atoms with E-state index in [1.807, 2.05) is 24.1 Å². The van der Waals surface area contributed by atoms with Crippen LogP contribution < -0.4 is 4.90 Å². The fourth-order valence-corrected chi connectivity index (χ4v) is 2.88. The molecule has 0 unspecified atom stereocenters. The highest BCUT2D eigenvalue weighted by Gasteiger charge is 2.22. The third-order valence-electron chi connectivity index (χ3n) is 3.73. The van der Waals surface area contributed by atoms with Crippen molar-refractivity contribution in [2.75, 3.05) is 18.0 Å². The SMILES string of the molecule is Cn1cc(C2CCN(c3ccc(Br)cn3)CC2)cn1. The molecule has 0 radical (unpaired) electrons. The van der Waals surface area contributed by atoms with Crippen LogP contribution in [0.15, 0.2) is 35.2 Å². The van der Waals surface area contributed by atoms with Crippen LogP contribution in [0.2, 0.25) is 0 Å². The maximum absolute atomic E-state index is 4.47. The van der Waals surface area contributed by atoms with E-state index in [1.54, 1.807) is 0 Å². The standard InChI is InChI=1S/C14H17BrN4/c1-18-10-12(8-17-18)11-4-6-19(7-5-11)14-3-2-13(15)9-16-14/h2-3,8-11H,4-7H2,1H3. The summed E-state index contributed by atoms with van der Waals surface area (Å²) in [6.45, 7) is 2.13. The van der Waals surface area contributed by atoms with E-state index in [4.69, 9.17) is 0 Å². The van der Waals surface area contributed by atoms with Crippen LogP contribution in [0.3, 0.4) is 0 Å². The van der Waals surface area contributed by atoms with Crippen molar-refractivity contribution in [2.24, 2.45) is 7.05 Å². The summed E-state index contributed by atoms with van der Waals surface area (Å²) in [6.07, 6.45) is 8.34. The zero-order valence-corrected chi connectivity index (χ0v) is 12.5. The molecule has 0 bridgehead atoms. The predicted octanol–water partition coefficient (Wildman–Crippen LogP) is 2.96. The Hall–Kier alpha value is -1.36. The van der Waals surface area contributed by atoms with Crippen LogP contribution in [0, 0.1) is 0 Å². The van der Waals surface area contributed by atoms with E-state index in [0.717, 1.165) is 23.4 Å². The molecule has 0 aromatic carbocycles. The highest BCUT2D eigenvalue weighted by atomic mass is 79.9. The van der Waals surface area contributed by atoms with Crippen LogP contribution in [0.1, 0.15) is 24.3 Å². The zero-order valence-electron chi connectivity index (χ0n) is 11.0. The molecule has 1 fully saturated rings. The van der Waals surface area contributed by atoms with Crippen molar-refractivity contribution in [1.82, 2.24) is 14.8 Å². The van der Waals surface area contributed by atoms with Crippen molar-refractivity contribution in [3.8, 4) is 0 Å². The lowest BCUT2D eigenvalue weighted by atomic mass is 9.91. The monoisotopic (exact) mass is 320 g/mol. The van der Waals surface area contributed by atoms with E-state index < -0.39 is 0 Å². The number of aromatic nitrogens is 3. The number of rotatable bonds is 2. The van der Waals surface area contributed by atoms with Gasteiger partial charge in [-0.1, -0.05) is 0 Å². The zero-order chi connectivity index (χ0) is 13.2. The summed E-state index contributed by atoms with van der Waals surface area (Å²) in [5.41, 5.74) is 1.37. The number of halogens is 1. The molecule has 4 nitrogen and oxygen atoms in total. The second-order valence-electron chi connectivity index (χ2n) is 5.04. The molecular weight excluding hydrogens is 304 g/mol. The Bertz CT molecular complexity index is 541. The smallest absolute Gasteiger partial charge is 0.128 e. The normalized spacial score (nSPS) is 16.8. The summed E-state index contributed by atoms with van der Waals surface area (Å²) in [6, 6.07) is 4.13. The Balaban J connectivity index is 1.64. The summed E-state index contributed by atoms with van der Waals surface area (Å²) < 4.78 is 2.92. The molecule has 100 valence electrons. The van der Waals surface area contributed by atoms with Gasteiger partial charge in [-0.2, -0.15) is 5.10 Å². The maximum atomic E-state index is 4.47. The molecule has 1 aliphatic heterocycles. The van der Waals surface area contributed by atoms with Crippen LogP contribution in [0.25, 0.3) is 0 Å². The van der Waals surface area contributed by atoms with Crippen molar-refractivity contribution in [2.45, 2.75) is 18.8 Å². The second kappa shape index (κ2) is 5.33. The van der Waals surface area contributed by atoms with Crippen molar-refractivity contribution in [3.63, 3.8) is 0 Å². The molecule has 2 aromatic heterocycles. The third kappa shape index (κ3) is 2.81. The molecular formula is C14H17BrN4. The van der Waals surface area contributed by atoms with E-state index in [0.29, 0.717) is 5.92 Å². The van der Waals surface area contributed by atoms with E-state index in [1.165, 1.54) is 18.4 Å². The molecule has 0 aliphatic carbocycles. The van der Waals surface area contributed by atoms with Gasteiger partial charge < -0.3 is 4.90 Å². The Morgan fingerprint density at radius 3 is 2.58 bits per heavy atom. The van der Waals surface area contributed by atoms with Gasteiger partial charge in [-0.05, 0) is 52.4 Å². The van der Waals surface area contributed by atoms with E-state index in [9.17, 15) is 0 Å². The Kier molecular flexibility index (Phi) is 3.55. The van der Waals surface area contributed by atoms with Crippen molar-refractivity contribution < 1.29 is 0 Å². The number of piperidine rings is 1. The molecule has 0 amide bonds. The molecule has 3 heterocycles. The van der Waals surface area contributed by atoms with Gasteiger partial charge >= 0.3 is 0 Å². The van der Waals surface area contributed by atoms with Gasteiger partial charge in [0.1, 0.15) is 5.82 Å². The summed E-state index contributed by atoms with van der Waals surface area (Å²) in [4.78, 5) is 6.83. The van der Waals surface area contributed by atoms with E-state index in [2.05, 4.69) is 49.2 Å². The first kappa shape index (κ1) is 12.7. The third-order valence-corrected chi connectivity index (χ3v) is 4.20. The van der Waals surface area contributed by atoms with Gasteiger partial charge in [-0.3, -0.25) is 4.68 Å². The summed E-state index contributed by atoms with van der Waals surface area (Å²) >= 11 is 3.42. The van der Waals surface area contributed by atoms with Gasteiger partial charge in [-0.15, -0.1) is 0 Å². The van der Waals surface area contributed by atoms with Gasteiger partial charge in [0.05, 0.1) is 6.20 Å². The molecule has 3 rings (SSSR count). The van der Waals surface area contributed by atoms with E-state index in [-0.39, 0.29) is 0 Å². The Morgan fingerprint density at radius 2 is 2.00 bits per heavy atom. The van der Waals surface area contributed by atoms with E-state index >= 15 is 0 Å². The fraction of sp³-hybridized carbons (Fsp3) is 0.429. The second-order valence-corrected chi connectivity index (χ2v) is 5.96. The number of pyridine rings is 1. The van der Waals surface area contributed by atoms with Crippen LogP contribution in [-0.2, 0) is 7.05 Å². The maximum Gasteiger partial charge on any atom is 0.128 e. The molecule has 0 spiro atoms. The topological polar surface area (TPSA) is 34.0 Å². The lowest BCUT2D eigenvalue weighted by Gasteiger charge is -2.32. The first-order chi connectivity index (χ1) is 9.22. The quantitative estimate of drug-likeness (QED) is 0.853. The number of nitrogens with zero attached hydrogens (tertiary/aromatic N) is 4. The van der Waals surface area contributed by atoms with Gasteiger partial charge in [0.2, 0.25) is 0 Å². The van der Waals surface area contributed by atoms with Gasteiger partial charge in [-0.25, -0.2) is 4.98 Å².